The zero-order valence-electron chi connectivity index (χ0n) is 26.1. The van der Waals surface area contributed by atoms with Crippen LogP contribution in [0.5, 0.6) is 0 Å². The lowest BCUT2D eigenvalue weighted by atomic mass is 10.2. The summed E-state index contributed by atoms with van der Waals surface area (Å²) in [7, 11) is 3.58. The van der Waals surface area contributed by atoms with Crippen LogP contribution in [-0.2, 0) is 0 Å². The van der Waals surface area contributed by atoms with Gasteiger partial charge in [-0.25, -0.2) is 9.98 Å². The van der Waals surface area contributed by atoms with E-state index >= 15 is 0 Å². The van der Waals surface area contributed by atoms with Crippen LogP contribution in [0.4, 0.5) is 24.7 Å². The van der Waals surface area contributed by atoms with Crippen LogP contribution in [0.2, 0.25) is 0 Å². The number of piperazine rings is 1. The fourth-order valence-electron chi connectivity index (χ4n) is 3.45. The van der Waals surface area contributed by atoms with Crippen LogP contribution in [0.3, 0.4) is 0 Å². The maximum Gasteiger partial charge on any atom is 0.432 e. The number of hydrogen-bond acceptors (Lipinski definition) is 8. The van der Waals surface area contributed by atoms with Gasteiger partial charge in [-0.05, 0) is 43.5 Å². The molecule has 0 bridgehead atoms. The predicted octanol–water partition coefficient (Wildman–Crippen LogP) is 7.89. The van der Waals surface area contributed by atoms with E-state index in [1.165, 1.54) is 50.1 Å². The van der Waals surface area contributed by atoms with Gasteiger partial charge < -0.3 is 15.5 Å². The summed E-state index contributed by atoms with van der Waals surface area (Å²) in [5, 5.41) is 6.74. The standard InChI is InChI=1S/C10H16N4.C7H10F3NS.C6H12.C5H8N2.C2H6/c1-11-10-3-2-9(8-13-10)14-6-4-12-5-7-14;1-4-12-6(3)11-5(2)7(8,9)10;1-6-4-2-3-5-6;1-6-4-3-5-7-2;1-2/h2-3,8,12H,4-7H2,1H3,(H,11,13);2,4H2,1,3H3;6H,2-5H2,1H3;3-5H,1H2,2H3;1-2H3/b;;;4-3-,7-5?;. The van der Waals surface area contributed by atoms with Crippen molar-refractivity contribution in [2.24, 2.45) is 20.9 Å². The maximum atomic E-state index is 11.8. The molecule has 1 aliphatic carbocycles. The Bertz CT molecular complexity index is 873. The van der Waals surface area contributed by atoms with Crippen molar-refractivity contribution in [1.29, 1.82) is 0 Å². The van der Waals surface area contributed by atoms with Gasteiger partial charge in [0.15, 0.2) is 0 Å². The molecule has 3 rings (SSSR count). The fraction of sp³-hybridized carbons (Fsp3) is 0.600. The van der Waals surface area contributed by atoms with E-state index in [1.807, 2.05) is 40.1 Å². The highest BCUT2D eigenvalue weighted by molar-refractivity contribution is 8.13. The van der Waals surface area contributed by atoms with Gasteiger partial charge >= 0.3 is 6.18 Å². The van der Waals surface area contributed by atoms with Gasteiger partial charge in [-0.2, -0.15) is 13.2 Å². The minimum atomic E-state index is -4.41. The summed E-state index contributed by atoms with van der Waals surface area (Å²) in [6.07, 6.45) is 8.41. The Balaban J connectivity index is 0. The Morgan fingerprint density at radius 1 is 1.22 bits per heavy atom. The number of thioether (sulfide) groups is 1. The fourth-order valence-corrected chi connectivity index (χ4v) is 4.05. The molecule has 0 amide bonds. The lowest BCUT2D eigenvalue weighted by molar-refractivity contribution is -0.0918. The molecule has 1 saturated heterocycles. The van der Waals surface area contributed by atoms with Crippen LogP contribution in [0.25, 0.3) is 0 Å². The number of alkyl halides is 3. The molecule has 0 spiro atoms. The molecule has 0 aromatic carbocycles. The van der Waals surface area contributed by atoms with E-state index in [-0.39, 0.29) is 0 Å². The Labute approximate surface area is 251 Å². The van der Waals surface area contributed by atoms with Gasteiger partial charge in [0, 0.05) is 52.7 Å². The second-order valence-corrected chi connectivity index (χ2v) is 10.2. The minimum absolute atomic E-state index is 0.389. The quantitative estimate of drug-likeness (QED) is 0.257. The molecule has 1 saturated carbocycles. The third-order valence-electron chi connectivity index (χ3n) is 5.53. The molecule has 41 heavy (non-hydrogen) atoms. The molecule has 11 heteroatoms. The van der Waals surface area contributed by atoms with E-state index in [0.717, 1.165) is 37.9 Å². The number of aromatic nitrogens is 1. The van der Waals surface area contributed by atoms with Crippen LogP contribution in [-0.4, -0.2) is 75.2 Å². The molecule has 7 nitrogen and oxygen atoms in total. The number of hydrogen-bond donors (Lipinski definition) is 2. The van der Waals surface area contributed by atoms with Gasteiger partial charge in [-0.1, -0.05) is 60.0 Å². The maximum absolute atomic E-state index is 11.8. The van der Waals surface area contributed by atoms with E-state index in [1.54, 1.807) is 25.5 Å². The van der Waals surface area contributed by atoms with Crippen LogP contribution >= 0.6 is 11.8 Å². The summed E-state index contributed by atoms with van der Waals surface area (Å²) >= 11 is 1.26. The Kier molecular flexibility index (Phi) is 25.9. The SMILES string of the molecule is C=C(N=C(C)SCC)C(F)(F)F.C=N/C=C\C=NC.CC.CC1CCCC1.CNc1ccc(N2CCNCC2)cn1. The lowest BCUT2D eigenvalue weighted by Gasteiger charge is -2.29. The molecule has 2 aliphatic rings. The zero-order chi connectivity index (χ0) is 31.5. The highest BCUT2D eigenvalue weighted by Gasteiger charge is 2.31. The second kappa shape index (κ2) is 26.3. The number of anilines is 2. The Morgan fingerprint density at radius 3 is 2.22 bits per heavy atom. The molecule has 0 unspecified atom stereocenters. The number of pyridine rings is 1. The predicted molar refractivity (Wildman–Crippen MR) is 177 cm³/mol. The average Bonchev–Trinajstić information content (AvgIpc) is 3.46. The molecule has 1 aromatic heterocycles. The highest BCUT2D eigenvalue weighted by Crippen LogP contribution is 2.26. The van der Waals surface area contributed by atoms with E-state index in [4.69, 9.17) is 0 Å². The number of halogens is 3. The molecule has 0 radical (unpaired) electrons. The minimum Gasteiger partial charge on any atom is -0.373 e. The molecule has 2 N–H and O–H groups in total. The Hall–Kier alpha value is -2.66. The topological polar surface area (TPSA) is 77.3 Å². The van der Waals surface area contributed by atoms with Crippen LogP contribution in [0.15, 0.2) is 57.9 Å². The van der Waals surface area contributed by atoms with Gasteiger partial charge in [-0.3, -0.25) is 9.98 Å². The van der Waals surface area contributed by atoms with Crippen LogP contribution < -0.4 is 15.5 Å². The lowest BCUT2D eigenvalue weighted by Crippen LogP contribution is -2.43. The number of allylic oxidation sites excluding steroid dienone is 2. The molecule has 0 atom stereocenters. The third kappa shape index (κ3) is 22.7. The Morgan fingerprint density at radius 2 is 1.83 bits per heavy atom. The molecule has 1 aliphatic heterocycles. The van der Waals surface area contributed by atoms with E-state index < -0.39 is 11.9 Å². The number of aliphatic imine (C=N–C) groups is 3. The van der Waals surface area contributed by atoms with Crippen molar-refractivity contribution in [3.63, 3.8) is 0 Å². The van der Waals surface area contributed by atoms with Crippen molar-refractivity contribution < 1.29 is 13.2 Å². The average molecular weight is 600 g/mol. The summed E-state index contributed by atoms with van der Waals surface area (Å²) < 4.78 is 35.5. The first-order chi connectivity index (χ1) is 19.6. The molecule has 234 valence electrons. The number of rotatable bonds is 6. The summed E-state index contributed by atoms with van der Waals surface area (Å²) in [5.74, 6) is 2.68. The molecular formula is C30H52F3N7S. The summed E-state index contributed by atoms with van der Waals surface area (Å²) in [6, 6.07) is 4.13. The van der Waals surface area contributed by atoms with Crippen LogP contribution in [0, 0.1) is 5.92 Å². The summed E-state index contributed by atoms with van der Waals surface area (Å²) in [6.45, 7) is 20.0. The van der Waals surface area contributed by atoms with Crippen molar-refractivity contribution in [3.05, 3.63) is 42.9 Å². The summed E-state index contributed by atoms with van der Waals surface area (Å²) in [5.41, 5.74) is 0.173. The van der Waals surface area contributed by atoms with Crippen molar-refractivity contribution in [1.82, 2.24) is 10.3 Å². The number of nitrogens with zero attached hydrogens (tertiary/aromatic N) is 5. The van der Waals surface area contributed by atoms with Crippen molar-refractivity contribution in [3.8, 4) is 0 Å². The van der Waals surface area contributed by atoms with E-state index in [0.29, 0.717) is 10.8 Å². The monoisotopic (exact) mass is 599 g/mol. The van der Waals surface area contributed by atoms with Crippen molar-refractivity contribution >= 4 is 41.2 Å². The largest absolute Gasteiger partial charge is 0.432 e. The third-order valence-corrected chi connectivity index (χ3v) is 6.33. The molecule has 2 heterocycles. The van der Waals surface area contributed by atoms with E-state index in [2.05, 4.69) is 61.8 Å². The molecular weight excluding hydrogens is 547 g/mol. The van der Waals surface area contributed by atoms with Gasteiger partial charge in [0.05, 0.1) is 16.9 Å². The van der Waals surface area contributed by atoms with Gasteiger partial charge in [0.25, 0.3) is 0 Å². The molecule has 1 aromatic rings. The van der Waals surface area contributed by atoms with Crippen LogP contribution in [0.1, 0.15) is 60.3 Å². The zero-order valence-corrected chi connectivity index (χ0v) is 26.9. The summed E-state index contributed by atoms with van der Waals surface area (Å²) in [4.78, 5) is 17.1. The smallest absolute Gasteiger partial charge is 0.373 e. The number of nitrogens with one attached hydrogen (secondary N) is 2. The van der Waals surface area contributed by atoms with Crippen molar-refractivity contribution in [2.45, 2.75) is 66.5 Å². The van der Waals surface area contributed by atoms with Gasteiger partial charge in [0.2, 0.25) is 0 Å². The molecule has 2 fully saturated rings. The normalized spacial score (nSPS) is 15.4. The first-order valence-corrected chi connectivity index (χ1v) is 15.1. The van der Waals surface area contributed by atoms with Gasteiger partial charge in [-0.15, -0.1) is 11.8 Å². The first kappa shape index (κ1) is 40.5. The highest BCUT2D eigenvalue weighted by atomic mass is 32.2. The van der Waals surface area contributed by atoms with Crippen molar-refractivity contribution in [2.75, 3.05) is 56.2 Å². The second-order valence-electron chi connectivity index (χ2n) is 8.72. The van der Waals surface area contributed by atoms with E-state index in [9.17, 15) is 13.2 Å². The first-order valence-electron chi connectivity index (χ1n) is 14.2. The van der Waals surface area contributed by atoms with Gasteiger partial charge in [0.1, 0.15) is 11.5 Å².